The predicted octanol–water partition coefficient (Wildman–Crippen LogP) is 6.19. The van der Waals surface area contributed by atoms with Crippen molar-refractivity contribution in [3.63, 3.8) is 0 Å². The zero-order valence-corrected chi connectivity index (χ0v) is 21.5. The minimum Gasteiger partial charge on any atom is -0.351 e. The van der Waals surface area contributed by atoms with Crippen molar-refractivity contribution in [1.29, 1.82) is 0 Å². The van der Waals surface area contributed by atoms with Gasteiger partial charge in [0.05, 0.1) is 32.8 Å². The summed E-state index contributed by atoms with van der Waals surface area (Å²) in [6.07, 6.45) is 2.05. The van der Waals surface area contributed by atoms with Crippen LogP contribution >= 0.6 is 23.2 Å². The van der Waals surface area contributed by atoms with Crippen molar-refractivity contribution in [2.75, 3.05) is 16.8 Å². The van der Waals surface area contributed by atoms with Crippen LogP contribution in [0.4, 0.5) is 25.1 Å². The molecule has 0 saturated heterocycles. The Morgan fingerprint density at radius 1 is 1.11 bits per heavy atom. The average Bonchev–Trinajstić information content (AvgIpc) is 3.19. The van der Waals surface area contributed by atoms with E-state index in [1.165, 1.54) is 6.20 Å². The van der Waals surface area contributed by atoms with Gasteiger partial charge in [-0.1, -0.05) is 41.4 Å². The number of primary amides is 1. The van der Waals surface area contributed by atoms with E-state index < -0.39 is 17.7 Å². The molecule has 1 aliphatic rings. The normalized spacial score (nSPS) is 13.0. The molecule has 3 N–H and O–H groups in total. The van der Waals surface area contributed by atoms with Crippen molar-refractivity contribution in [2.24, 2.45) is 5.73 Å². The number of rotatable bonds is 4. The summed E-state index contributed by atoms with van der Waals surface area (Å²) in [6, 6.07) is 8.39. The van der Waals surface area contributed by atoms with E-state index in [4.69, 9.17) is 34.0 Å². The number of amides is 2. The van der Waals surface area contributed by atoms with Gasteiger partial charge in [-0.15, -0.1) is 0 Å². The number of aromatic nitrogens is 3. The minimum absolute atomic E-state index is 0.000866. The van der Waals surface area contributed by atoms with Crippen LogP contribution in [0.15, 0.2) is 42.6 Å². The number of hydrogen-bond acceptors (Lipinski definition) is 4. The van der Waals surface area contributed by atoms with Crippen LogP contribution < -0.4 is 16.0 Å². The second-order valence-corrected chi connectivity index (χ2v) is 9.70. The molecule has 37 heavy (non-hydrogen) atoms. The summed E-state index contributed by atoms with van der Waals surface area (Å²) in [7, 11) is 0. The lowest BCUT2D eigenvalue weighted by Gasteiger charge is -2.28. The number of carbonyl (C=O) groups excluding carboxylic acids is 1. The Labute approximate surface area is 221 Å². The van der Waals surface area contributed by atoms with E-state index >= 15 is 8.78 Å². The highest BCUT2D eigenvalue weighted by atomic mass is 35.5. The number of halogens is 4. The Kier molecular flexibility index (Phi) is 6.51. The fourth-order valence-corrected chi connectivity index (χ4v) is 5.23. The summed E-state index contributed by atoms with van der Waals surface area (Å²) in [4.78, 5) is 17.6. The maximum absolute atomic E-state index is 15.6. The van der Waals surface area contributed by atoms with Gasteiger partial charge in [0.2, 0.25) is 0 Å². The molecule has 3 heterocycles. The third-order valence-corrected chi connectivity index (χ3v) is 6.83. The van der Waals surface area contributed by atoms with Crippen LogP contribution in [-0.2, 0) is 13.0 Å². The SMILES string of the molecule is Cc1cccc(C)c1-n1nc2c(c1-c1cc(F)c(NC(N)=O)cc1F)CN(c1ncc(Cl)cc1Cl)CC2. The van der Waals surface area contributed by atoms with Crippen molar-refractivity contribution >= 4 is 40.7 Å². The molecule has 0 aliphatic carbocycles. The lowest BCUT2D eigenvalue weighted by atomic mass is 9.99. The summed E-state index contributed by atoms with van der Waals surface area (Å²) in [5.41, 5.74) is 9.28. The summed E-state index contributed by atoms with van der Waals surface area (Å²) >= 11 is 12.5. The molecule has 2 aromatic heterocycles. The first-order chi connectivity index (χ1) is 17.6. The third-order valence-electron chi connectivity index (χ3n) is 6.34. The number of nitrogens with zero attached hydrogens (tertiary/aromatic N) is 4. The molecule has 0 unspecified atom stereocenters. The molecule has 0 radical (unpaired) electrons. The van der Waals surface area contributed by atoms with Gasteiger partial charge in [0.1, 0.15) is 17.5 Å². The smallest absolute Gasteiger partial charge is 0.316 e. The van der Waals surface area contributed by atoms with Crippen molar-refractivity contribution in [1.82, 2.24) is 14.8 Å². The number of anilines is 2. The van der Waals surface area contributed by atoms with Gasteiger partial charge in [0.15, 0.2) is 0 Å². The highest BCUT2D eigenvalue weighted by molar-refractivity contribution is 6.36. The number of aryl methyl sites for hydroxylation is 2. The Hall–Kier alpha value is -3.69. The Morgan fingerprint density at radius 2 is 1.84 bits per heavy atom. The predicted molar refractivity (Wildman–Crippen MR) is 141 cm³/mol. The highest BCUT2D eigenvalue weighted by Gasteiger charge is 2.30. The number of hydrogen-bond donors (Lipinski definition) is 2. The molecular weight excluding hydrogens is 521 g/mol. The summed E-state index contributed by atoms with van der Waals surface area (Å²) in [6.45, 7) is 4.76. The van der Waals surface area contributed by atoms with E-state index in [-0.39, 0.29) is 11.3 Å². The van der Waals surface area contributed by atoms with E-state index in [1.54, 1.807) is 10.7 Å². The standard InChI is InChI=1S/C26H22Cl2F2N6O/c1-13-4-3-5-14(2)23(13)36-24(16-9-20(30)22(10-19(16)29)33-26(31)37)17-12-35(7-6-21(17)34-36)25-18(28)8-15(27)11-32-25/h3-5,8-11H,6-7,12H2,1-2H3,(H3,31,33,37). The van der Waals surface area contributed by atoms with Gasteiger partial charge in [-0.05, 0) is 37.1 Å². The van der Waals surface area contributed by atoms with Crippen molar-refractivity contribution in [2.45, 2.75) is 26.8 Å². The van der Waals surface area contributed by atoms with Gasteiger partial charge >= 0.3 is 6.03 Å². The zero-order chi connectivity index (χ0) is 26.4. The molecule has 190 valence electrons. The topological polar surface area (TPSA) is 89.1 Å². The molecule has 7 nitrogen and oxygen atoms in total. The van der Waals surface area contributed by atoms with Gasteiger partial charge in [0, 0.05) is 42.9 Å². The molecule has 0 spiro atoms. The maximum Gasteiger partial charge on any atom is 0.316 e. The van der Waals surface area contributed by atoms with Crippen LogP contribution in [-0.4, -0.2) is 27.3 Å². The number of para-hydroxylation sites is 1. The highest BCUT2D eigenvalue weighted by Crippen LogP contribution is 2.39. The van der Waals surface area contributed by atoms with Gasteiger partial charge < -0.3 is 16.0 Å². The maximum atomic E-state index is 15.6. The van der Waals surface area contributed by atoms with E-state index in [1.807, 2.05) is 36.9 Å². The molecule has 0 atom stereocenters. The van der Waals surface area contributed by atoms with E-state index in [0.29, 0.717) is 41.1 Å². The molecule has 5 rings (SSSR count). The van der Waals surface area contributed by atoms with Crippen LogP contribution in [0.25, 0.3) is 16.9 Å². The van der Waals surface area contributed by atoms with E-state index in [0.717, 1.165) is 40.2 Å². The first kappa shape index (κ1) is 25.0. The molecule has 2 aromatic carbocycles. The number of urea groups is 1. The monoisotopic (exact) mass is 542 g/mol. The van der Waals surface area contributed by atoms with Gasteiger partial charge in [0.25, 0.3) is 0 Å². The van der Waals surface area contributed by atoms with Gasteiger partial charge in [-0.3, -0.25) is 0 Å². The number of benzene rings is 2. The van der Waals surface area contributed by atoms with E-state index in [9.17, 15) is 4.79 Å². The zero-order valence-electron chi connectivity index (χ0n) is 19.9. The molecule has 4 aromatic rings. The van der Waals surface area contributed by atoms with Crippen LogP contribution in [0.5, 0.6) is 0 Å². The summed E-state index contributed by atoms with van der Waals surface area (Å²) in [5.74, 6) is -1.02. The number of pyridine rings is 1. The fourth-order valence-electron chi connectivity index (χ4n) is 4.73. The molecule has 0 saturated carbocycles. The summed E-state index contributed by atoms with van der Waals surface area (Å²) < 4.78 is 32.3. The second-order valence-electron chi connectivity index (χ2n) is 8.86. The first-order valence-corrected chi connectivity index (χ1v) is 12.2. The first-order valence-electron chi connectivity index (χ1n) is 11.4. The molecule has 0 fully saturated rings. The number of nitrogens with one attached hydrogen (secondary N) is 1. The number of nitrogens with two attached hydrogens (primary N) is 1. The number of fused-ring (bicyclic) bond motifs is 1. The Balaban J connectivity index is 1.72. The van der Waals surface area contributed by atoms with Gasteiger partial charge in [-0.25, -0.2) is 23.2 Å². The molecular formula is C26H22Cl2F2N6O. The largest absolute Gasteiger partial charge is 0.351 e. The molecule has 11 heteroatoms. The second kappa shape index (κ2) is 9.64. The van der Waals surface area contributed by atoms with Crippen LogP contribution in [0.3, 0.4) is 0 Å². The van der Waals surface area contributed by atoms with Crippen molar-refractivity contribution in [3.8, 4) is 16.9 Å². The molecule has 1 aliphatic heterocycles. The van der Waals surface area contributed by atoms with Gasteiger partial charge in [-0.2, -0.15) is 5.10 Å². The summed E-state index contributed by atoms with van der Waals surface area (Å²) in [5, 5.41) is 7.78. The quantitative estimate of drug-likeness (QED) is 0.321. The minimum atomic E-state index is -0.994. The Morgan fingerprint density at radius 3 is 2.51 bits per heavy atom. The number of carbonyl (C=O) groups is 1. The lowest BCUT2D eigenvalue weighted by Crippen LogP contribution is -2.31. The fraction of sp³-hybridized carbons (Fsp3) is 0.192. The Bertz CT molecular complexity index is 1530. The van der Waals surface area contributed by atoms with E-state index in [2.05, 4.69) is 10.3 Å². The van der Waals surface area contributed by atoms with Crippen LogP contribution in [0, 0.1) is 25.5 Å². The lowest BCUT2D eigenvalue weighted by molar-refractivity contribution is 0.259. The van der Waals surface area contributed by atoms with Crippen LogP contribution in [0.2, 0.25) is 10.0 Å². The molecule has 2 amide bonds. The average molecular weight is 543 g/mol. The van der Waals surface area contributed by atoms with Crippen molar-refractivity contribution < 1.29 is 13.6 Å². The van der Waals surface area contributed by atoms with Crippen molar-refractivity contribution in [3.05, 3.63) is 86.7 Å². The molecule has 0 bridgehead atoms. The third kappa shape index (κ3) is 4.60. The van der Waals surface area contributed by atoms with Crippen LogP contribution in [0.1, 0.15) is 22.4 Å².